The number of hydrogen-bond donors (Lipinski definition) is 1. The molecule has 0 saturated heterocycles. The lowest BCUT2D eigenvalue weighted by Crippen LogP contribution is -2.21. The topological polar surface area (TPSA) is 12.0 Å². The standard InChI is InChI=1S/C14H19ClFN/c1-2-17-14(8-5-10-3-4-10)11-6-7-12(15)13(16)9-11/h6-7,9-10,14,17H,2-5,8H2,1H3. The molecule has 1 aliphatic carbocycles. The highest BCUT2D eigenvalue weighted by molar-refractivity contribution is 6.30. The molecule has 1 fully saturated rings. The molecular weight excluding hydrogens is 237 g/mol. The van der Waals surface area contributed by atoms with E-state index in [-0.39, 0.29) is 16.9 Å². The van der Waals surface area contributed by atoms with E-state index in [0.717, 1.165) is 24.4 Å². The number of hydrogen-bond acceptors (Lipinski definition) is 1. The number of halogens is 2. The molecule has 1 aromatic carbocycles. The van der Waals surface area contributed by atoms with E-state index in [1.165, 1.54) is 19.3 Å². The van der Waals surface area contributed by atoms with E-state index in [0.29, 0.717) is 0 Å². The lowest BCUT2D eigenvalue weighted by molar-refractivity contribution is 0.479. The Labute approximate surface area is 107 Å². The van der Waals surface area contributed by atoms with Crippen LogP contribution >= 0.6 is 11.6 Å². The second-order valence-electron chi connectivity index (χ2n) is 4.80. The lowest BCUT2D eigenvalue weighted by atomic mass is 10.0. The Balaban J connectivity index is 2.03. The summed E-state index contributed by atoms with van der Waals surface area (Å²) in [6.07, 6.45) is 5.06. The Morgan fingerprint density at radius 2 is 2.24 bits per heavy atom. The van der Waals surface area contributed by atoms with Gasteiger partial charge in [-0.05, 0) is 43.0 Å². The molecule has 0 aromatic heterocycles. The minimum absolute atomic E-state index is 0.200. The van der Waals surface area contributed by atoms with Crippen molar-refractivity contribution in [2.75, 3.05) is 6.54 Å². The maximum absolute atomic E-state index is 13.4. The maximum Gasteiger partial charge on any atom is 0.142 e. The summed E-state index contributed by atoms with van der Waals surface area (Å²) in [6.45, 7) is 2.98. The van der Waals surface area contributed by atoms with Gasteiger partial charge in [-0.3, -0.25) is 0 Å². The molecule has 1 N–H and O–H groups in total. The summed E-state index contributed by atoms with van der Waals surface area (Å²) >= 11 is 5.70. The fraction of sp³-hybridized carbons (Fsp3) is 0.571. The molecule has 94 valence electrons. The first-order chi connectivity index (χ1) is 8.20. The molecule has 0 aliphatic heterocycles. The van der Waals surface area contributed by atoms with Crippen LogP contribution in [0.25, 0.3) is 0 Å². The first kappa shape index (κ1) is 12.8. The Morgan fingerprint density at radius 1 is 1.47 bits per heavy atom. The molecule has 1 unspecified atom stereocenters. The number of nitrogens with one attached hydrogen (secondary N) is 1. The van der Waals surface area contributed by atoms with Crippen molar-refractivity contribution in [1.82, 2.24) is 5.32 Å². The van der Waals surface area contributed by atoms with Crippen molar-refractivity contribution < 1.29 is 4.39 Å². The van der Waals surface area contributed by atoms with E-state index in [2.05, 4.69) is 12.2 Å². The van der Waals surface area contributed by atoms with Gasteiger partial charge < -0.3 is 5.32 Å². The molecule has 1 aliphatic rings. The predicted molar refractivity (Wildman–Crippen MR) is 69.8 cm³/mol. The van der Waals surface area contributed by atoms with E-state index >= 15 is 0 Å². The monoisotopic (exact) mass is 255 g/mol. The number of rotatable bonds is 6. The minimum atomic E-state index is -0.321. The van der Waals surface area contributed by atoms with Gasteiger partial charge in [0.15, 0.2) is 0 Å². The van der Waals surface area contributed by atoms with E-state index < -0.39 is 0 Å². The van der Waals surface area contributed by atoms with Gasteiger partial charge in [0, 0.05) is 6.04 Å². The van der Waals surface area contributed by atoms with Gasteiger partial charge in [-0.1, -0.05) is 37.4 Å². The Bertz CT molecular complexity index is 376. The molecule has 0 bridgehead atoms. The predicted octanol–water partition coefficient (Wildman–Crippen LogP) is 4.32. The Hall–Kier alpha value is -0.600. The van der Waals surface area contributed by atoms with Crippen molar-refractivity contribution in [3.63, 3.8) is 0 Å². The zero-order valence-electron chi connectivity index (χ0n) is 10.2. The zero-order valence-corrected chi connectivity index (χ0v) is 10.9. The van der Waals surface area contributed by atoms with Gasteiger partial charge in [0.25, 0.3) is 0 Å². The molecule has 0 heterocycles. The fourth-order valence-corrected chi connectivity index (χ4v) is 2.29. The molecule has 1 atom stereocenters. The van der Waals surface area contributed by atoms with Crippen molar-refractivity contribution in [2.45, 2.75) is 38.6 Å². The summed E-state index contributed by atoms with van der Waals surface area (Å²) in [7, 11) is 0. The smallest absolute Gasteiger partial charge is 0.142 e. The van der Waals surface area contributed by atoms with Gasteiger partial charge in [0.2, 0.25) is 0 Å². The minimum Gasteiger partial charge on any atom is -0.310 e. The average Bonchev–Trinajstić information content (AvgIpc) is 3.12. The van der Waals surface area contributed by atoms with Gasteiger partial charge in [-0.15, -0.1) is 0 Å². The molecule has 1 aromatic rings. The van der Waals surface area contributed by atoms with Gasteiger partial charge >= 0.3 is 0 Å². The van der Waals surface area contributed by atoms with Crippen LogP contribution in [0.5, 0.6) is 0 Å². The van der Waals surface area contributed by atoms with Crippen LogP contribution in [0.3, 0.4) is 0 Å². The zero-order chi connectivity index (χ0) is 12.3. The second kappa shape index (κ2) is 5.83. The van der Waals surface area contributed by atoms with E-state index in [1.807, 2.05) is 6.07 Å². The van der Waals surface area contributed by atoms with Crippen LogP contribution in [-0.2, 0) is 0 Å². The lowest BCUT2D eigenvalue weighted by Gasteiger charge is -2.18. The van der Waals surface area contributed by atoms with Crippen molar-refractivity contribution in [3.8, 4) is 0 Å². The SMILES string of the molecule is CCNC(CCC1CC1)c1ccc(Cl)c(F)c1. The maximum atomic E-state index is 13.4. The van der Waals surface area contributed by atoms with Gasteiger partial charge in [0.05, 0.1) is 5.02 Å². The normalized spacial score (nSPS) is 17.1. The third-order valence-corrected chi connectivity index (χ3v) is 3.66. The van der Waals surface area contributed by atoms with Crippen LogP contribution in [-0.4, -0.2) is 6.54 Å². The Morgan fingerprint density at radius 3 is 2.82 bits per heavy atom. The summed E-state index contributed by atoms with van der Waals surface area (Å²) < 4.78 is 13.4. The van der Waals surface area contributed by atoms with E-state index in [4.69, 9.17) is 11.6 Å². The summed E-state index contributed by atoms with van der Waals surface area (Å²) in [5, 5.41) is 3.62. The molecule has 0 spiro atoms. The van der Waals surface area contributed by atoms with Gasteiger partial charge in [0.1, 0.15) is 5.82 Å². The largest absolute Gasteiger partial charge is 0.310 e. The third-order valence-electron chi connectivity index (χ3n) is 3.36. The highest BCUT2D eigenvalue weighted by Crippen LogP contribution is 2.36. The van der Waals surface area contributed by atoms with Gasteiger partial charge in [-0.2, -0.15) is 0 Å². The highest BCUT2D eigenvalue weighted by atomic mass is 35.5. The highest BCUT2D eigenvalue weighted by Gasteiger charge is 2.23. The molecule has 1 nitrogen and oxygen atoms in total. The van der Waals surface area contributed by atoms with Crippen molar-refractivity contribution in [3.05, 3.63) is 34.6 Å². The van der Waals surface area contributed by atoms with Gasteiger partial charge in [-0.25, -0.2) is 4.39 Å². The van der Waals surface area contributed by atoms with Crippen molar-refractivity contribution in [1.29, 1.82) is 0 Å². The van der Waals surface area contributed by atoms with Crippen LogP contribution < -0.4 is 5.32 Å². The molecule has 3 heteroatoms. The van der Waals surface area contributed by atoms with E-state index in [1.54, 1.807) is 12.1 Å². The quantitative estimate of drug-likeness (QED) is 0.798. The molecule has 1 saturated carbocycles. The number of benzene rings is 1. The Kier molecular flexibility index (Phi) is 4.41. The van der Waals surface area contributed by atoms with Crippen LogP contribution in [0.15, 0.2) is 18.2 Å². The second-order valence-corrected chi connectivity index (χ2v) is 5.21. The summed E-state index contributed by atoms with van der Waals surface area (Å²) in [5.41, 5.74) is 1.01. The van der Waals surface area contributed by atoms with Crippen LogP contribution in [0.4, 0.5) is 4.39 Å². The molecule has 17 heavy (non-hydrogen) atoms. The van der Waals surface area contributed by atoms with E-state index in [9.17, 15) is 4.39 Å². The van der Waals surface area contributed by atoms with Crippen LogP contribution in [0.1, 0.15) is 44.2 Å². The van der Waals surface area contributed by atoms with Crippen LogP contribution in [0.2, 0.25) is 5.02 Å². The summed E-state index contributed by atoms with van der Waals surface area (Å²) in [4.78, 5) is 0. The first-order valence-electron chi connectivity index (χ1n) is 6.39. The first-order valence-corrected chi connectivity index (χ1v) is 6.76. The third kappa shape index (κ3) is 3.68. The molecule has 2 rings (SSSR count). The molecule has 0 amide bonds. The molecule has 0 radical (unpaired) electrons. The summed E-state index contributed by atoms with van der Waals surface area (Å²) in [5.74, 6) is 0.590. The molecular formula is C14H19ClFN. The van der Waals surface area contributed by atoms with Crippen LogP contribution in [0, 0.1) is 11.7 Å². The average molecular weight is 256 g/mol. The van der Waals surface area contributed by atoms with Crippen molar-refractivity contribution >= 4 is 11.6 Å². The fourth-order valence-electron chi connectivity index (χ4n) is 2.17. The summed E-state index contributed by atoms with van der Waals surface area (Å²) in [6, 6.07) is 5.38. The van der Waals surface area contributed by atoms with Crippen molar-refractivity contribution in [2.24, 2.45) is 5.92 Å².